The van der Waals surface area contributed by atoms with Crippen LogP contribution in [0.2, 0.25) is 0 Å². The van der Waals surface area contributed by atoms with Crippen LogP contribution in [-0.2, 0) is 21.7 Å². The van der Waals surface area contributed by atoms with E-state index in [4.69, 9.17) is 4.74 Å². The van der Waals surface area contributed by atoms with Crippen molar-refractivity contribution in [2.75, 3.05) is 12.9 Å². The van der Waals surface area contributed by atoms with Crippen molar-refractivity contribution in [3.63, 3.8) is 0 Å². The lowest BCUT2D eigenvalue weighted by molar-refractivity contribution is -0.115. The van der Waals surface area contributed by atoms with Crippen molar-refractivity contribution in [1.82, 2.24) is 4.57 Å². The largest absolute Gasteiger partial charge is 0.495 e. The van der Waals surface area contributed by atoms with Gasteiger partial charge in [-0.2, -0.15) is 4.99 Å². The van der Waals surface area contributed by atoms with Crippen LogP contribution in [0.1, 0.15) is 0 Å². The zero-order valence-electron chi connectivity index (χ0n) is 13.7. The summed E-state index contributed by atoms with van der Waals surface area (Å²) in [4.78, 5) is 16.7. The molecule has 6 nitrogen and oxygen atoms in total. The number of carbonyl (C=O) groups excluding carboxylic acids is 1. The molecule has 1 aromatic heterocycles. The number of carbonyl (C=O) groups is 1. The molecular formula is C17H16N2O4S2. The number of benzene rings is 2. The fourth-order valence-corrected chi connectivity index (χ4v) is 4.63. The molecule has 0 atom stereocenters. The fraction of sp³-hybridized carbons (Fsp3) is 0.176. The lowest BCUT2D eigenvalue weighted by Crippen LogP contribution is -2.19. The van der Waals surface area contributed by atoms with E-state index in [0.717, 1.165) is 10.2 Å². The smallest absolute Gasteiger partial charge is 0.263 e. The van der Waals surface area contributed by atoms with Gasteiger partial charge in [-0.05, 0) is 24.3 Å². The number of amides is 1. The zero-order chi connectivity index (χ0) is 18.0. The molecule has 0 aliphatic heterocycles. The van der Waals surface area contributed by atoms with Crippen LogP contribution in [0.15, 0.2) is 58.4 Å². The van der Waals surface area contributed by atoms with Crippen molar-refractivity contribution in [2.45, 2.75) is 4.90 Å². The molecule has 0 saturated carbocycles. The summed E-state index contributed by atoms with van der Waals surface area (Å²) in [6.45, 7) is 0. The van der Waals surface area contributed by atoms with E-state index in [9.17, 15) is 13.2 Å². The molecule has 0 radical (unpaired) electrons. The predicted molar refractivity (Wildman–Crippen MR) is 96.4 cm³/mol. The number of para-hydroxylation sites is 1. The first-order valence-electron chi connectivity index (χ1n) is 7.40. The summed E-state index contributed by atoms with van der Waals surface area (Å²) in [6, 6.07) is 13.4. The van der Waals surface area contributed by atoms with Crippen LogP contribution in [-0.4, -0.2) is 31.8 Å². The molecule has 3 rings (SSSR count). The second-order valence-corrected chi connectivity index (χ2v) is 8.33. The average molecular weight is 376 g/mol. The maximum Gasteiger partial charge on any atom is 0.263 e. The summed E-state index contributed by atoms with van der Waals surface area (Å²) in [5, 5.41) is 0. The standard InChI is InChI=1S/C17H16N2O4S2/c1-19-16-13(23-2)9-6-10-14(16)24-17(19)18-15(20)11-25(21,22)12-7-4-3-5-8-12/h3-10H,11H2,1-2H3. The minimum absolute atomic E-state index is 0.112. The molecule has 0 bridgehead atoms. The van der Waals surface area contributed by atoms with Gasteiger partial charge in [0.05, 0.1) is 16.7 Å². The first kappa shape index (κ1) is 17.4. The number of sulfone groups is 1. The minimum Gasteiger partial charge on any atom is -0.495 e. The maximum atomic E-state index is 12.3. The number of ether oxygens (including phenoxy) is 1. The third kappa shape index (κ3) is 3.49. The van der Waals surface area contributed by atoms with Gasteiger partial charge >= 0.3 is 0 Å². The molecule has 0 unspecified atom stereocenters. The molecule has 1 amide bonds. The van der Waals surface area contributed by atoms with Crippen LogP contribution < -0.4 is 9.54 Å². The van der Waals surface area contributed by atoms with Crippen LogP contribution in [0.4, 0.5) is 0 Å². The van der Waals surface area contributed by atoms with Gasteiger partial charge < -0.3 is 9.30 Å². The molecule has 2 aromatic carbocycles. The van der Waals surface area contributed by atoms with E-state index >= 15 is 0 Å². The zero-order valence-corrected chi connectivity index (χ0v) is 15.3. The number of methoxy groups -OCH3 is 1. The van der Waals surface area contributed by atoms with E-state index < -0.39 is 21.5 Å². The van der Waals surface area contributed by atoms with Crippen LogP contribution in [0.3, 0.4) is 0 Å². The lowest BCUT2D eigenvalue weighted by Gasteiger charge is -2.03. The SMILES string of the molecule is COc1cccc2sc(=NC(=O)CS(=O)(=O)c3ccccc3)n(C)c12. The highest BCUT2D eigenvalue weighted by atomic mass is 32.2. The number of aryl methyl sites for hydroxylation is 1. The summed E-state index contributed by atoms with van der Waals surface area (Å²) < 4.78 is 32.5. The van der Waals surface area contributed by atoms with Crippen molar-refractivity contribution >= 4 is 37.3 Å². The van der Waals surface area contributed by atoms with Gasteiger partial charge in [-0.1, -0.05) is 35.6 Å². The van der Waals surface area contributed by atoms with Gasteiger partial charge in [0, 0.05) is 7.05 Å². The van der Waals surface area contributed by atoms with Crippen molar-refractivity contribution in [3.8, 4) is 5.75 Å². The van der Waals surface area contributed by atoms with Gasteiger partial charge in [0.1, 0.15) is 17.0 Å². The van der Waals surface area contributed by atoms with Crippen molar-refractivity contribution in [2.24, 2.45) is 12.0 Å². The molecule has 0 N–H and O–H groups in total. The second-order valence-electron chi connectivity index (χ2n) is 5.33. The molecular weight excluding hydrogens is 360 g/mol. The Morgan fingerprint density at radius 2 is 1.88 bits per heavy atom. The van der Waals surface area contributed by atoms with E-state index in [1.54, 1.807) is 36.9 Å². The quantitative estimate of drug-likeness (QED) is 0.699. The molecule has 0 aliphatic rings. The van der Waals surface area contributed by atoms with Crippen LogP contribution >= 0.6 is 11.3 Å². The topological polar surface area (TPSA) is 77.7 Å². The van der Waals surface area contributed by atoms with E-state index in [-0.39, 0.29) is 4.90 Å². The number of fused-ring (bicyclic) bond motifs is 1. The number of rotatable bonds is 4. The Morgan fingerprint density at radius 1 is 1.16 bits per heavy atom. The molecule has 8 heteroatoms. The average Bonchev–Trinajstić information content (AvgIpc) is 2.91. The van der Waals surface area contributed by atoms with Crippen LogP contribution in [0, 0.1) is 0 Å². The maximum absolute atomic E-state index is 12.3. The first-order chi connectivity index (χ1) is 11.9. The molecule has 0 fully saturated rings. The monoisotopic (exact) mass is 376 g/mol. The number of nitrogens with zero attached hydrogens (tertiary/aromatic N) is 2. The van der Waals surface area contributed by atoms with Gasteiger partial charge in [0.2, 0.25) is 0 Å². The minimum atomic E-state index is -3.71. The normalized spacial score (nSPS) is 12.5. The third-order valence-electron chi connectivity index (χ3n) is 3.64. The van der Waals surface area contributed by atoms with Gasteiger partial charge in [0.25, 0.3) is 5.91 Å². The number of aromatic nitrogens is 1. The van der Waals surface area contributed by atoms with Crippen molar-refractivity contribution in [3.05, 3.63) is 53.3 Å². The highest BCUT2D eigenvalue weighted by Gasteiger charge is 2.19. The highest BCUT2D eigenvalue weighted by Crippen LogP contribution is 2.26. The van der Waals surface area contributed by atoms with Gasteiger partial charge in [-0.3, -0.25) is 4.79 Å². The van der Waals surface area contributed by atoms with Crippen LogP contribution in [0.5, 0.6) is 5.75 Å². The molecule has 0 aliphatic carbocycles. The molecule has 3 aromatic rings. The summed E-state index contributed by atoms with van der Waals surface area (Å²) in [5.74, 6) is -0.699. The molecule has 130 valence electrons. The number of hydrogen-bond donors (Lipinski definition) is 0. The second kappa shape index (κ2) is 6.81. The Morgan fingerprint density at radius 3 is 2.56 bits per heavy atom. The van der Waals surface area contributed by atoms with Gasteiger partial charge in [-0.15, -0.1) is 0 Å². The molecule has 0 saturated heterocycles. The highest BCUT2D eigenvalue weighted by molar-refractivity contribution is 7.92. The summed E-state index contributed by atoms with van der Waals surface area (Å²) in [6.07, 6.45) is 0. The summed E-state index contributed by atoms with van der Waals surface area (Å²) in [5.41, 5.74) is 0.812. The lowest BCUT2D eigenvalue weighted by atomic mass is 10.3. The molecule has 25 heavy (non-hydrogen) atoms. The Labute approximate surface area is 148 Å². The molecule has 1 heterocycles. The van der Waals surface area contributed by atoms with E-state index in [1.165, 1.54) is 23.5 Å². The molecule has 0 spiro atoms. The predicted octanol–water partition coefficient (Wildman–Crippen LogP) is 2.15. The Balaban J connectivity index is 1.97. The van der Waals surface area contributed by atoms with Crippen molar-refractivity contribution < 1.29 is 17.9 Å². The number of hydrogen-bond acceptors (Lipinski definition) is 5. The number of thiazole rings is 1. The Kier molecular flexibility index (Phi) is 4.73. The van der Waals surface area contributed by atoms with E-state index in [1.807, 2.05) is 18.2 Å². The van der Waals surface area contributed by atoms with E-state index in [2.05, 4.69) is 4.99 Å². The summed E-state index contributed by atoms with van der Waals surface area (Å²) in [7, 11) is -0.375. The Hall–Kier alpha value is -2.45. The fourth-order valence-electron chi connectivity index (χ4n) is 2.45. The van der Waals surface area contributed by atoms with E-state index in [0.29, 0.717) is 10.6 Å². The van der Waals surface area contributed by atoms with Crippen molar-refractivity contribution in [1.29, 1.82) is 0 Å². The van der Waals surface area contributed by atoms with Gasteiger partial charge in [0.15, 0.2) is 14.6 Å². The third-order valence-corrected chi connectivity index (χ3v) is 6.36. The van der Waals surface area contributed by atoms with Gasteiger partial charge in [-0.25, -0.2) is 8.42 Å². The Bertz CT molecular complexity index is 1100. The summed E-state index contributed by atoms with van der Waals surface area (Å²) >= 11 is 1.30. The first-order valence-corrected chi connectivity index (χ1v) is 9.87. The van der Waals surface area contributed by atoms with Crippen LogP contribution in [0.25, 0.3) is 10.2 Å².